The predicted octanol–water partition coefficient (Wildman–Crippen LogP) is 1.99. The van der Waals surface area contributed by atoms with Crippen LogP contribution in [0, 0.1) is 0 Å². The second-order valence-electron chi connectivity index (χ2n) is 5.50. The Hall–Kier alpha value is -1.13. The second-order valence-corrected chi connectivity index (χ2v) is 5.50. The van der Waals surface area contributed by atoms with Crippen LogP contribution in [-0.2, 0) is 16.5 Å². The molecule has 4 heteroatoms. The molecule has 0 spiro atoms. The highest BCUT2D eigenvalue weighted by molar-refractivity contribution is 5.15. The summed E-state index contributed by atoms with van der Waals surface area (Å²) in [6, 6.07) is 3.41. The molecule has 0 bridgehead atoms. The van der Waals surface area contributed by atoms with Gasteiger partial charge in [0.25, 0.3) is 5.56 Å². The number of ether oxygens (including phenoxy) is 2. The van der Waals surface area contributed by atoms with E-state index in [1.54, 1.807) is 19.3 Å². The van der Waals surface area contributed by atoms with Crippen molar-refractivity contribution in [2.45, 2.75) is 45.2 Å². The molecule has 1 aromatic heterocycles. The fourth-order valence-corrected chi connectivity index (χ4v) is 1.69. The van der Waals surface area contributed by atoms with E-state index in [-0.39, 0.29) is 16.8 Å². The summed E-state index contributed by atoms with van der Waals surface area (Å²) in [5, 5.41) is 0. The summed E-state index contributed by atoms with van der Waals surface area (Å²) in [4.78, 5) is 11.6. The third kappa shape index (κ3) is 2.03. The maximum Gasteiger partial charge on any atom is 0.250 e. The first-order chi connectivity index (χ1) is 7.73. The Morgan fingerprint density at radius 3 is 2.18 bits per heavy atom. The van der Waals surface area contributed by atoms with Gasteiger partial charge >= 0.3 is 0 Å². The molecule has 4 nitrogen and oxygen atoms in total. The van der Waals surface area contributed by atoms with Crippen LogP contribution in [0.3, 0.4) is 0 Å². The minimum absolute atomic E-state index is 0.0581. The van der Waals surface area contributed by atoms with Gasteiger partial charge in [0, 0.05) is 24.9 Å². The zero-order valence-electron chi connectivity index (χ0n) is 11.0. The van der Waals surface area contributed by atoms with E-state index in [0.717, 1.165) is 5.56 Å². The lowest BCUT2D eigenvalue weighted by molar-refractivity contribution is -0.0897. The molecule has 0 N–H and O–H groups in total. The Balaban J connectivity index is 2.32. The average Bonchev–Trinajstić information content (AvgIpc) is 2.41. The van der Waals surface area contributed by atoms with E-state index in [0.29, 0.717) is 0 Å². The third-order valence-corrected chi connectivity index (χ3v) is 3.65. The van der Waals surface area contributed by atoms with Gasteiger partial charge in [-0.2, -0.15) is 0 Å². The molecule has 94 valence electrons. The van der Waals surface area contributed by atoms with Gasteiger partial charge in [-0.25, -0.2) is 0 Å². The molecule has 2 heterocycles. The fraction of sp³-hybridized carbons (Fsp3) is 0.615. The van der Waals surface area contributed by atoms with Crippen molar-refractivity contribution in [1.29, 1.82) is 0 Å². The van der Waals surface area contributed by atoms with Crippen molar-refractivity contribution in [3.63, 3.8) is 0 Å². The third-order valence-electron chi connectivity index (χ3n) is 3.65. The molecule has 0 radical (unpaired) electrons. The number of aromatic nitrogens is 1. The smallest absolute Gasteiger partial charge is 0.250 e. The van der Waals surface area contributed by atoms with Gasteiger partial charge in [-0.05, 0) is 33.8 Å². The minimum atomic E-state index is -0.464. The largest absolute Gasteiger partial charge is 0.339 e. The Morgan fingerprint density at radius 1 is 1.18 bits per heavy atom. The average molecular weight is 237 g/mol. The summed E-state index contributed by atoms with van der Waals surface area (Å²) >= 11 is 0. The summed E-state index contributed by atoms with van der Waals surface area (Å²) in [7, 11) is 1.72. The highest BCUT2D eigenvalue weighted by Gasteiger charge is 2.49. The zero-order chi connectivity index (χ0) is 12.8. The van der Waals surface area contributed by atoms with Gasteiger partial charge in [0.05, 0.1) is 11.2 Å². The molecular weight excluding hydrogens is 218 g/mol. The topological polar surface area (TPSA) is 40.5 Å². The predicted molar refractivity (Wildman–Crippen MR) is 64.8 cm³/mol. The number of pyridine rings is 1. The van der Waals surface area contributed by atoms with Gasteiger partial charge in [-0.3, -0.25) is 4.79 Å². The molecule has 1 aromatic rings. The van der Waals surface area contributed by atoms with Crippen molar-refractivity contribution in [1.82, 2.24) is 4.57 Å². The van der Waals surface area contributed by atoms with E-state index in [2.05, 4.69) is 0 Å². The summed E-state index contributed by atoms with van der Waals surface area (Å²) in [5.41, 5.74) is -0.0405. The maximum absolute atomic E-state index is 11.6. The first-order valence-electron chi connectivity index (χ1n) is 5.75. The molecule has 0 aromatic carbocycles. The molecule has 1 aliphatic rings. The molecule has 0 atom stereocenters. The number of rotatable bonds is 1. The standard InChI is InChI=1S/C13H19NO3/c1-12(2)13(3,4)17-11(16-12)9-6-7-14(5)10(15)8-9/h6-8,11H,1-5H3. The normalized spacial score (nSPS) is 22.9. The first kappa shape index (κ1) is 12.3. The SMILES string of the molecule is Cn1ccc(C2OC(C)(C)C(C)(C)O2)cc1=O. The second kappa shape index (κ2) is 3.68. The number of aryl methyl sites for hydroxylation is 1. The first-order valence-corrected chi connectivity index (χ1v) is 5.75. The van der Waals surface area contributed by atoms with Crippen LogP contribution >= 0.6 is 0 Å². The molecule has 1 saturated heterocycles. The van der Waals surface area contributed by atoms with Crippen molar-refractivity contribution < 1.29 is 9.47 Å². The van der Waals surface area contributed by atoms with Gasteiger partial charge in [0.1, 0.15) is 0 Å². The molecule has 1 aliphatic heterocycles. The van der Waals surface area contributed by atoms with Crippen LogP contribution in [0.15, 0.2) is 23.1 Å². The quantitative estimate of drug-likeness (QED) is 0.750. The summed E-state index contributed by atoms with van der Waals surface area (Å²) in [6.07, 6.45) is 1.26. The lowest BCUT2D eigenvalue weighted by Gasteiger charge is -2.30. The molecule has 0 saturated carbocycles. The Morgan fingerprint density at radius 2 is 1.71 bits per heavy atom. The molecule has 0 aliphatic carbocycles. The highest BCUT2D eigenvalue weighted by Crippen LogP contribution is 2.44. The highest BCUT2D eigenvalue weighted by atomic mass is 16.7. The number of hydrogen-bond acceptors (Lipinski definition) is 3. The summed E-state index contributed by atoms with van der Waals surface area (Å²) in [5.74, 6) is 0. The number of nitrogens with zero attached hydrogens (tertiary/aromatic N) is 1. The van der Waals surface area contributed by atoms with E-state index < -0.39 is 6.29 Å². The van der Waals surface area contributed by atoms with Crippen LogP contribution in [0.2, 0.25) is 0 Å². The van der Waals surface area contributed by atoms with Gasteiger partial charge < -0.3 is 14.0 Å². The van der Waals surface area contributed by atoms with E-state index >= 15 is 0 Å². The Kier molecular flexibility index (Phi) is 2.67. The van der Waals surface area contributed by atoms with E-state index in [9.17, 15) is 4.79 Å². The summed E-state index contributed by atoms with van der Waals surface area (Å²) < 4.78 is 13.3. The summed E-state index contributed by atoms with van der Waals surface area (Å²) in [6.45, 7) is 7.98. The minimum Gasteiger partial charge on any atom is -0.339 e. The lowest BCUT2D eigenvalue weighted by atomic mass is 9.90. The fourth-order valence-electron chi connectivity index (χ4n) is 1.69. The van der Waals surface area contributed by atoms with Crippen LogP contribution < -0.4 is 5.56 Å². The van der Waals surface area contributed by atoms with Crippen molar-refractivity contribution in [2.75, 3.05) is 0 Å². The van der Waals surface area contributed by atoms with Crippen LogP contribution in [0.5, 0.6) is 0 Å². The van der Waals surface area contributed by atoms with Crippen LogP contribution in [-0.4, -0.2) is 15.8 Å². The lowest BCUT2D eigenvalue weighted by Crippen LogP contribution is -2.41. The van der Waals surface area contributed by atoms with Crippen molar-refractivity contribution >= 4 is 0 Å². The van der Waals surface area contributed by atoms with Gasteiger partial charge in [0.15, 0.2) is 6.29 Å². The van der Waals surface area contributed by atoms with Crippen molar-refractivity contribution in [3.8, 4) is 0 Å². The van der Waals surface area contributed by atoms with Crippen LogP contribution in [0.4, 0.5) is 0 Å². The molecule has 0 unspecified atom stereocenters. The van der Waals surface area contributed by atoms with E-state index in [1.165, 1.54) is 4.57 Å². The van der Waals surface area contributed by atoms with Gasteiger partial charge in [-0.1, -0.05) is 0 Å². The maximum atomic E-state index is 11.6. The van der Waals surface area contributed by atoms with E-state index in [1.807, 2.05) is 33.8 Å². The molecule has 17 heavy (non-hydrogen) atoms. The Labute approximate surface area is 101 Å². The van der Waals surface area contributed by atoms with Crippen molar-refractivity contribution in [2.24, 2.45) is 7.05 Å². The molecule has 0 amide bonds. The van der Waals surface area contributed by atoms with Crippen molar-refractivity contribution in [3.05, 3.63) is 34.2 Å². The van der Waals surface area contributed by atoms with Crippen LogP contribution in [0.1, 0.15) is 39.5 Å². The van der Waals surface area contributed by atoms with E-state index in [4.69, 9.17) is 9.47 Å². The van der Waals surface area contributed by atoms with Crippen LogP contribution in [0.25, 0.3) is 0 Å². The molecule has 2 rings (SSSR count). The zero-order valence-corrected chi connectivity index (χ0v) is 11.0. The van der Waals surface area contributed by atoms with Gasteiger partial charge in [-0.15, -0.1) is 0 Å². The monoisotopic (exact) mass is 237 g/mol. The number of hydrogen-bond donors (Lipinski definition) is 0. The Bertz CT molecular complexity index is 472. The molecule has 1 fully saturated rings. The van der Waals surface area contributed by atoms with Gasteiger partial charge in [0.2, 0.25) is 0 Å². The molecular formula is C13H19NO3.